The van der Waals surface area contributed by atoms with Crippen molar-refractivity contribution in [2.45, 2.75) is 33.6 Å². The summed E-state index contributed by atoms with van der Waals surface area (Å²) in [6.07, 6.45) is 1.83. The minimum Gasteiger partial charge on any atom is -0.274 e. The number of rotatable bonds is 3. The van der Waals surface area contributed by atoms with Crippen LogP contribution in [-0.4, -0.2) is 23.3 Å². The van der Waals surface area contributed by atoms with Crippen molar-refractivity contribution in [3.63, 3.8) is 0 Å². The lowest BCUT2D eigenvalue weighted by Crippen LogP contribution is -2.31. The van der Waals surface area contributed by atoms with Gasteiger partial charge >= 0.3 is 0 Å². The van der Waals surface area contributed by atoms with Gasteiger partial charge in [0.1, 0.15) is 0 Å². The number of imide groups is 1. The molecule has 0 N–H and O–H groups in total. The molecule has 1 aliphatic rings. The van der Waals surface area contributed by atoms with E-state index in [1.807, 2.05) is 36.4 Å². The zero-order chi connectivity index (χ0) is 15.9. The summed E-state index contributed by atoms with van der Waals surface area (Å²) in [6, 6.07) is 11.5. The van der Waals surface area contributed by atoms with Gasteiger partial charge in [0.05, 0.1) is 11.1 Å². The third-order valence-electron chi connectivity index (χ3n) is 4.15. The summed E-state index contributed by atoms with van der Waals surface area (Å²) in [5.74, 6) is -0.306. The van der Waals surface area contributed by atoms with E-state index in [4.69, 9.17) is 0 Å². The fourth-order valence-corrected chi connectivity index (χ4v) is 2.95. The summed E-state index contributed by atoms with van der Waals surface area (Å²) < 4.78 is 0. The largest absolute Gasteiger partial charge is 0.274 e. The second-order valence-corrected chi connectivity index (χ2v) is 7.17. The van der Waals surface area contributed by atoms with Crippen LogP contribution in [-0.2, 0) is 0 Å². The van der Waals surface area contributed by atoms with Gasteiger partial charge < -0.3 is 0 Å². The molecule has 0 aromatic heterocycles. The monoisotopic (exact) mass is 295 g/mol. The fourth-order valence-electron chi connectivity index (χ4n) is 2.95. The Kier molecular flexibility index (Phi) is 3.51. The van der Waals surface area contributed by atoms with Gasteiger partial charge in [-0.2, -0.15) is 0 Å². The van der Waals surface area contributed by atoms with Crippen molar-refractivity contribution >= 4 is 22.6 Å². The topological polar surface area (TPSA) is 37.4 Å². The van der Waals surface area contributed by atoms with Crippen LogP contribution in [0.2, 0.25) is 0 Å². The first-order valence-electron chi connectivity index (χ1n) is 7.76. The predicted octanol–water partition coefficient (Wildman–Crippen LogP) is 4.26. The molecule has 0 radical (unpaired) electrons. The third-order valence-corrected chi connectivity index (χ3v) is 4.15. The van der Waals surface area contributed by atoms with Crippen molar-refractivity contribution in [3.8, 4) is 0 Å². The van der Waals surface area contributed by atoms with E-state index in [0.717, 1.165) is 23.6 Å². The Labute approximate surface area is 130 Å². The number of carbonyl (C=O) groups is 2. The van der Waals surface area contributed by atoms with Crippen LogP contribution in [0.15, 0.2) is 36.4 Å². The van der Waals surface area contributed by atoms with Crippen LogP contribution in [0.1, 0.15) is 54.3 Å². The van der Waals surface area contributed by atoms with Crippen molar-refractivity contribution in [2.24, 2.45) is 5.41 Å². The van der Waals surface area contributed by atoms with Gasteiger partial charge in [0, 0.05) is 6.54 Å². The number of fused-ring (bicyclic) bond motifs is 2. The number of amides is 2. The van der Waals surface area contributed by atoms with E-state index in [-0.39, 0.29) is 17.2 Å². The number of carbonyl (C=O) groups excluding carboxylic acids is 2. The van der Waals surface area contributed by atoms with Crippen molar-refractivity contribution in [2.75, 3.05) is 6.54 Å². The van der Waals surface area contributed by atoms with Crippen LogP contribution in [0.3, 0.4) is 0 Å². The van der Waals surface area contributed by atoms with Gasteiger partial charge in [-0.15, -0.1) is 0 Å². The SMILES string of the molecule is CC(C)(C)CCCN1C(=O)c2cc3ccccc3cc2C1=O. The van der Waals surface area contributed by atoms with E-state index in [2.05, 4.69) is 20.8 Å². The molecule has 0 saturated heterocycles. The highest BCUT2D eigenvalue weighted by molar-refractivity contribution is 6.23. The molecule has 1 aliphatic heterocycles. The van der Waals surface area contributed by atoms with E-state index in [0.29, 0.717) is 17.7 Å². The molecule has 1 heterocycles. The molecule has 3 nitrogen and oxygen atoms in total. The molecule has 3 rings (SSSR count). The molecule has 3 heteroatoms. The summed E-state index contributed by atoms with van der Waals surface area (Å²) in [5, 5.41) is 2.00. The fraction of sp³-hybridized carbons (Fsp3) is 0.368. The molecule has 0 bridgehead atoms. The summed E-state index contributed by atoms with van der Waals surface area (Å²) in [4.78, 5) is 26.4. The molecule has 2 aromatic rings. The Morgan fingerprint density at radius 2 is 1.41 bits per heavy atom. The predicted molar refractivity (Wildman–Crippen MR) is 88.0 cm³/mol. The number of benzene rings is 2. The number of hydrogen-bond donors (Lipinski definition) is 0. The van der Waals surface area contributed by atoms with Crippen LogP contribution in [0.5, 0.6) is 0 Å². The van der Waals surface area contributed by atoms with Gasteiger partial charge in [-0.05, 0) is 41.2 Å². The second kappa shape index (κ2) is 5.24. The lowest BCUT2D eigenvalue weighted by molar-refractivity contribution is 0.0647. The van der Waals surface area contributed by atoms with Gasteiger partial charge in [0.25, 0.3) is 11.8 Å². The molecule has 2 amide bonds. The third kappa shape index (κ3) is 2.63. The van der Waals surface area contributed by atoms with Crippen LogP contribution in [0, 0.1) is 5.41 Å². The molecule has 22 heavy (non-hydrogen) atoms. The zero-order valence-electron chi connectivity index (χ0n) is 13.3. The van der Waals surface area contributed by atoms with Crippen molar-refractivity contribution in [3.05, 3.63) is 47.5 Å². The summed E-state index contributed by atoms with van der Waals surface area (Å²) in [5.41, 5.74) is 1.30. The molecule has 114 valence electrons. The molecule has 0 aliphatic carbocycles. The molecule has 0 fully saturated rings. The maximum atomic E-state index is 12.5. The zero-order valence-corrected chi connectivity index (χ0v) is 13.3. The molecular weight excluding hydrogens is 274 g/mol. The van der Waals surface area contributed by atoms with Crippen molar-refractivity contribution in [1.29, 1.82) is 0 Å². The van der Waals surface area contributed by atoms with Gasteiger partial charge in [-0.3, -0.25) is 14.5 Å². The quantitative estimate of drug-likeness (QED) is 0.793. The van der Waals surface area contributed by atoms with Gasteiger partial charge in [0.2, 0.25) is 0 Å². The maximum Gasteiger partial charge on any atom is 0.261 e. The van der Waals surface area contributed by atoms with Gasteiger partial charge in [-0.25, -0.2) is 0 Å². The van der Waals surface area contributed by atoms with Crippen LogP contribution < -0.4 is 0 Å². The average Bonchev–Trinajstić information content (AvgIpc) is 2.69. The first-order valence-corrected chi connectivity index (χ1v) is 7.76. The Balaban J connectivity index is 1.86. The van der Waals surface area contributed by atoms with E-state index in [1.165, 1.54) is 4.90 Å². The number of nitrogens with zero attached hydrogens (tertiary/aromatic N) is 1. The van der Waals surface area contributed by atoms with Gasteiger partial charge in [0.15, 0.2) is 0 Å². The van der Waals surface area contributed by atoms with Crippen molar-refractivity contribution in [1.82, 2.24) is 4.90 Å². The molecule has 0 saturated carbocycles. The Morgan fingerprint density at radius 1 is 0.909 bits per heavy atom. The summed E-state index contributed by atoms with van der Waals surface area (Å²) >= 11 is 0. The Hall–Kier alpha value is -2.16. The molecule has 0 unspecified atom stereocenters. The highest BCUT2D eigenvalue weighted by atomic mass is 16.2. The first kappa shape index (κ1) is 14.8. The maximum absolute atomic E-state index is 12.5. The van der Waals surface area contributed by atoms with Crippen LogP contribution >= 0.6 is 0 Å². The molecule has 0 spiro atoms. The van der Waals surface area contributed by atoms with E-state index >= 15 is 0 Å². The standard InChI is InChI=1S/C19H21NO2/c1-19(2,3)9-6-10-20-17(21)15-11-13-7-4-5-8-14(13)12-16(15)18(20)22/h4-5,7-8,11-12H,6,9-10H2,1-3H3. The van der Waals surface area contributed by atoms with E-state index < -0.39 is 0 Å². The second-order valence-electron chi connectivity index (χ2n) is 7.17. The Bertz CT molecular complexity index is 701. The molecule has 2 aromatic carbocycles. The Morgan fingerprint density at radius 3 is 1.86 bits per heavy atom. The average molecular weight is 295 g/mol. The minimum atomic E-state index is -0.153. The first-order chi connectivity index (χ1) is 10.4. The molecular formula is C19H21NO2. The summed E-state index contributed by atoms with van der Waals surface area (Å²) in [7, 11) is 0. The van der Waals surface area contributed by atoms with Gasteiger partial charge in [-0.1, -0.05) is 45.0 Å². The molecule has 0 atom stereocenters. The highest BCUT2D eigenvalue weighted by Gasteiger charge is 2.35. The highest BCUT2D eigenvalue weighted by Crippen LogP contribution is 2.29. The normalized spacial score (nSPS) is 14.8. The van der Waals surface area contributed by atoms with E-state index in [9.17, 15) is 9.59 Å². The lowest BCUT2D eigenvalue weighted by Gasteiger charge is -2.20. The van der Waals surface area contributed by atoms with Crippen LogP contribution in [0.4, 0.5) is 0 Å². The van der Waals surface area contributed by atoms with Crippen LogP contribution in [0.25, 0.3) is 10.8 Å². The van der Waals surface area contributed by atoms with Crippen molar-refractivity contribution < 1.29 is 9.59 Å². The summed E-state index contributed by atoms with van der Waals surface area (Å²) in [6.45, 7) is 7.01. The van der Waals surface area contributed by atoms with E-state index in [1.54, 1.807) is 0 Å². The minimum absolute atomic E-state index is 0.153. The lowest BCUT2D eigenvalue weighted by atomic mass is 9.90. The number of hydrogen-bond acceptors (Lipinski definition) is 2. The smallest absolute Gasteiger partial charge is 0.261 e.